The lowest BCUT2D eigenvalue weighted by Gasteiger charge is -2.27. The summed E-state index contributed by atoms with van der Waals surface area (Å²) in [5, 5.41) is 9.90. The third-order valence-electron chi connectivity index (χ3n) is 2.36. The summed E-state index contributed by atoms with van der Waals surface area (Å²) in [5.74, 6) is 2.16. The van der Waals surface area contributed by atoms with E-state index >= 15 is 0 Å². The zero-order valence-electron chi connectivity index (χ0n) is 9.21. The standard InChI is InChI=1S/C10H23NOS/c1-8(2)10(4,12)7-13-6-5-9(3)11/h8-9,12H,5-7,11H2,1-4H3. The fourth-order valence-electron chi connectivity index (χ4n) is 0.715. The highest BCUT2D eigenvalue weighted by atomic mass is 32.2. The number of hydrogen-bond donors (Lipinski definition) is 2. The quantitative estimate of drug-likeness (QED) is 0.651. The first-order valence-corrected chi connectivity index (χ1v) is 6.07. The van der Waals surface area contributed by atoms with Crippen molar-refractivity contribution in [2.75, 3.05) is 11.5 Å². The molecule has 80 valence electrons. The monoisotopic (exact) mass is 205 g/mol. The van der Waals surface area contributed by atoms with Crippen LogP contribution in [0.4, 0.5) is 0 Å². The molecule has 0 saturated heterocycles. The van der Waals surface area contributed by atoms with Gasteiger partial charge in [-0.1, -0.05) is 13.8 Å². The van der Waals surface area contributed by atoms with Crippen LogP contribution in [0, 0.1) is 5.92 Å². The summed E-state index contributed by atoms with van der Waals surface area (Å²) in [6, 6.07) is 0.275. The number of aliphatic hydroxyl groups is 1. The van der Waals surface area contributed by atoms with Crippen LogP contribution in [0.2, 0.25) is 0 Å². The molecule has 0 heterocycles. The minimum Gasteiger partial charge on any atom is -0.389 e. The molecule has 13 heavy (non-hydrogen) atoms. The van der Waals surface area contributed by atoms with Crippen LogP contribution in [0.15, 0.2) is 0 Å². The summed E-state index contributed by atoms with van der Waals surface area (Å²) in [6.07, 6.45) is 1.03. The SMILES string of the molecule is CC(N)CCSCC(C)(O)C(C)C. The minimum atomic E-state index is -0.539. The van der Waals surface area contributed by atoms with Gasteiger partial charge >= 0.3 is 0 Å². The summed E-state index contributed by atoms with van der Waals surface area (Å²) < 4.78 is 0. The Morgan fingerprint density at radius 2 is 1.92 bits per heavy atom. The van der Waals surface area contributed by atoms with Crippen LogP contribution in [-0.2, 0) is 0 Å². The lowest BCUT2D eigenvalue weighted by molar-refractivity contribution is 0.0376. The van der Waals surface area contributed by atoms with Gasteiger partial charge in [0.25, 0.3) is 0 Å². The van der Waals surface area contributed by atoms with Crippen LogP contribution < -0.4 is 5.73 Å². The molecular weight excluding hydrogens is 182 g/mol. The average Bonchev–Trinajstić information content (AvgIpc) is 1.97. The van der Waals surface area contributed by atoms with Gasteiger partial charge in [0.15, 0.2) is 0 Å². The third kappa shape index (κ3) is 6.36. The van der Waals surface area contributed by atoms with Gasteiger partial charge < -0.3 is 10.8 Å². The maximum Gasteiger partial charge on any atom is 0.0732 e. The zero-order valence-corrected chi connectivity index (χ0v) is 10.0. The second-order valence-corrected chi connectivity index (χ2v) is 5.44. The number of thioether (sulfide) groups is 1. The molecule has 0 rings (SSSR count). The Morgan fingerprint density at radius 3 is 2.31 bits per heavy atom. The molecule has 2 atom stereocenters. The van der Waals surface area contributed by atoms with Crippen molar-refractivity contribution in [1.29, 1.82) is 0 Å². The summed E-state index contributed by atoms with van der Waals surface area (Å²) >= 11 is 1.79. The average molecular weight is 205 g/mol. The van der Waals surface area contributed by atoms with Gasteiger partial charge in [0.1, 0.15) is 0 Å². The molecule has 0 aromatic rings. The molecule has 0 aromatic carbocycles. The molecule has 3 N–H and O–H groups in total. The molecule has 0 aromatic heterocycles. The Kier molecular flexibility index (Phi) is 6.01. The van der Waals surface area contributed by atoms with E-state index in [0.29, 0.717) is 5.92 Å². The van der Waals surface area contributed by atoms with Gasteiger partial charge in [0.05, 0.1) is 5.60 Å². The molecule has 2 unspecified atom stereocenters. The molecule has 0 bridgehead atoms. The van der Waals surface area contributed by atoms with Crippen molar-refractivity contribution in [3.63, 3.8) is 0 Å². The van der Waals surface area contributed by atoms with E-state index < -0.39 is 5.60 Å². The second-order valence-electron chi connectivity index (χ2n) is 4.33. The third-order valence-corrected chi connectivity index (χ3v) is 3.67. The summed E-state index contributed by atoms with van der Waals surface area (Å²) in [6.45, 7) is 8.01. The minimum absolute atomic E-state index is 0.275. The van der Waals surface area contributed by atoms with E-state index in [1.807, 2.05) is 27.7 Å². The summed E-state index contributed by atoms with van der Waals surface area (Å²) in [4.78, 5) is 0. The van der Waals surface area contributed by atoms with Gasteiger partial charge in [-0.3, -0.25) is 0 Å². The zero-order chi connectivity index (χ0) is 10.5. The molecule has 0 radical (unpaired) electrons. The Morgan fingerprint density at radius 1 is 1.38 bits per heavy atom. The van der Waals surface area contributed by atoms with Crippen LogP contribution in [0.25, 0.3) is 0 Å². The molecule has 0 spiro atoms. The maximum atomic E-state index is 9.90. The van der Waals surface area contributed by atoms with Crippen LogP contribution in [0.1, 0.15) is 34.1 Å². The van der Waals surface area contributed by atoms with Crippen LogP contribution >= 0.6 is 11.8 Å². The largest absolute Gasteiger partial charge is 0.389 e. The first-order valence-electron chi connectivity index (χ1n) is 4.92. The van der Waals surface area contributed by atoms with Crippen molar-refractivity contribution in [3.05, 3.63) is 0 Å². The van der Waals surface area contributed by atoms with E-state index in [1.165, 1.54) is 0 Å². The molecule has 2 nitrogen and oxygen atoms in total. The molecule has 0 saturated carbocycles. The Bertz CT molecular complexity index is 135. The number of hydrogen-bond acceptors (Lipinski definition) is 3. The smallest absolute Gasteiger partial charge is 0.0732 e. The van der Waals surface area contributed by atoms with Gasteiger partial charge in [-0.2, -0.15) is 11.8 Å². The lowest BCUT2D eigenvalue weighted by atomic mass is 9.95. The van der Waals surface area contributed by atoms with E-state index in [2.05, 4.69) is 0 Å². The fourth-order valence-corrected chi connectivity index (χ4v) is 2.14. The van der Waals surface area contributed by atoms with E-state index in [1.54, 1.807) is 11.8 Å². The van der Waals surface area contributed by atoms with E-state index in [-0.39, 0.29) is 6.04 Å². The second kappa shape index (κ2) is 5.89. The molecule has 3 heteroatoms. The van der Waals surface area contributed by atoms with Gasteiger partial charge in [0, 0.05) is 11.8 Å². The highest BCUT2D eigenvalue weighted by molar-refractivity contribution is 7.99. The molecule has 0 amide bonds. The van der Waals surface area contributed by atoms with Crippen molar-refractivity contribution in [2.45, 2.75) is 45.8 Å². The highest BCUT2D eigenvalue weighted by Gasteiger charge is 2.24. The predicted octanol–water partition coefficient (Wildman–Crippen LogP) is 1.86. The van der Waals surface area contributed by atoms with Gasteiger partial charge in [0.2, 0.25) is 0 Å². The summed E-state index contributed by atoms with van der Waals surface area (Å²) in [5.41, 5.74) is 5.09. The van der Waals surface area contributed by atoms with E-state index in [4.69, 9.17) is 5.73 Å². The Balaban J connectivity index is 3.52. The van der Waals surface area contributed by atoms with Gasteiger partial charge in [-0.25, -0.2) is 0 Å². The molecular formula is C10H23NOS. The summed E-state index contributed by atoms with van der Waals surface area (Å²) in [7, 11) is 0. The maximum absolute atomic E-state index is 9.90. The Hall–Kier alpha value is 0.270. The number of rotatable bonds is 6. The normalized spacial score (nSPS) is 18.7. The topological polar surface area (TPSA) is 46.2 Å². The van der Waals surface area contributed by atoms with Crippen molar-refractivity contribution < 1.29 is 5.11 Å². The van der Waals surface area contributed by atoms with Crippen LogP contribution in [0.3, 0.4) is 0 Å². The first kappa shape index (κ1) is 13.3. The lowest BCUT2D eigenvalue weighted by Crippen LogP contribution is -2.34. The van der Waals surface area contributed by atoms with Gasteiger partial charge in [-0.15, -0.1) is 0 Å². The van der Waals surface area contributed by atoms with Crippen molar-refractivity contribution >= 4 is 11.8 Å². The molecule has 0 aliphatic carbocycles. The first-order chi connectivity index (χ1) is 5.86. The number of nitrogens with two attached hydrogens (primary N) is 1. The van der Waals surface area contributed by atoms with Crippen molar-refractivity contribution in [1.82, 2.24) is 0 Å². The molecule has 0 aliphatic heterocycles. The predicted molar refractivity (Wildman–Crippen MR) is 61.1 cm³/mol. The van der Waals surface area contributed by atoms with E-state index in [9.17, 15) is 5.11 Å². The van der Waals surface area contributed by atoms with Crippen molar-refractivity contribution in [2.24, 2.45) is 11.7 Å². The van der Waals surface area contributed by atoms with E-state index in [0.717, 1.165) is 17.9 Å². The molecule has 0 aliphatic rings. The van der Waals surface area contributed by atoms with Crippen molar-refractivity contribution in [3.8, 4) is 0 Å². The highest BCUT2D eigenvalue weighted by Crippen LogP contribution is 2.21. The van der Waals surface area contributed by atoms with Crippen LogP contribution in [-0.4, -0.2) is 28.3 Å². The van der Waals surface area contributed by atoms with Gasteiger partial charge in [-0.05, 0) is 31.9 Å². The van der Waals surface area contributed by atoms with Crippen LogP contribution in [0.5, 0.6) is 0 Å². The fraction of sp³-hybridized carbons (Fsp3) is 1.00. The Labute approximate surface area is 86.3 Å². The molecule has 0 fully saturated rings.